The molecule has 0 saturated heterocycles. The number of benzene rings is 7. The molecule has 12 rings (SSSR count). The lowest BCUT2D eigenvalue weighted by Crippen LogP contribution is -2.78. The van der Waals surface area contributed by atoms with Crippen molar-refractivity contribution < 1.29 is 21.2 Å². The number of hydrogen-bond acceptors (Lipinski definition) is 6. The highest BCUT2D eigenvalue weighted by Gasteiger charge is 2.65. The molecular formula is C56H47N7OSi3. The highest BCUT2D eigenvalue weighted by atomic mass is 28.4. The fourth-order valence-corrected chi connectivity index (χ4v) is 22.9. The lowest BCUT2D eigenvalue weighted by atomic mass is 9.98. The second-order valence-electron chi connectivity index (χ2n) is 16.8. The summed E-state index contributed by atoms with van der Waals surface area (Å²) in [5.41, 5.74) is 3.82. The average molecular weight is 930 g/mol. The summed E-state index contributed by atoms with van der Waals surface area (Å²) < 4.78 is 129. The van der Waals surface area contributed by atoms with E-state index in [0.29, 0.717) is 11.0 Å². The van der Waals surface area contributed by atoms with Crippen LogP contribution in [0, 0.1) is 0 Å². The van der Waals surface area contributed by atoms with Crippen LogP contribution in [0.25, 0.3) is 33.5 Å². The number of imidazole rings is 2. The highest BCUT2D eigenvalue weighted by Crippen LogP contribution is 2.56. The molecule has 324 valence electrons. The zero-order valence-electron chi connectivity index (χ0n) is 47.7. The quantitative estimate of drug-likeness (QED) is 0.108. The summed E-state index contributed by atoms with van der Waals surface area (Å²) in [7, 11) is -16.6. The summed E-state index contributed by atoms with van der Waals surface area (Å²) in [6.45, 7) is -14.7. The summed E-state index contributed by atoms with van der Waals surface area (Å²) in [4.78, 5) is 22.5. The molecule has 67 heavy (non-hydrogen) atoms. The molecule has 0 saturated carbocycles. The second kappa shape index (κ2) is 15.5. The third kappa shape index (κ3) is 5.78. The number of rotatable bonds is 9. The van der Waals surface area contributed by atoms with Crippen molar-refractivity contribution in [1.82, 2.24) is 33.9 Å². The summed E-state index contributed by atoms with van der Waals surface area (Å²) >= 11 is 0. The van der Waals surface area contributed by atoms with Crippen molar-refractivity contribution >= 4 is 83.4 Å². The van der Waals surface area contributed by atoms with E-state index in [1.54, 1.807) is 12.1 Å². The Labute approximate surface area is 409 Å². The fraction of sp³-hybridized carbons (Fsp3) is 0.0893. The van der Waals surface area contributed by atoms with Gasteiger partial charge in [0.25, 0.3) is 0 Å². The molecule has 0 bridgehead atoms. The van der Waals surface area contributed by atoms with Crippen LogP contribution < -0.4 is 36.1 Å². The van der Waals surface area contributed by atoms with Gasteiger partial charge in [0.15, 0.2) is 8.07 Å². The van der Waals surface area contributed by atoms with Gasteiger partial charge in [-0.2, -0.15) is 0 Å². The van der Waals surface area contributed by atoms with Crippen LogP contribution in [0.2, 0.25) is 25.9 Å². The normalized spacial score (nSPS) is 17.0. The maximum Gasteiger partial charge on any atom is 0.220 e. The smallest absolute Gasteiger partial charge is 0.220 e. The van der Waals surface area contributed by atoms with E-state index >= 15 is 0 Å². The SMILES string of the molecule is [2H]C([2H])([2H])[Si](c1ccncn1)(C([2H])([2H])[2H])C1([Si](c2ccncn2)(C([2H])([2H])[2H])C([2H])([2H])[2H])c2ccccc2Oc2c1cccc2[Si](c1ccccc1)(c1ccccc1)c1cccc(-n2c3ccccc3n3c4ccccc4nc23)c1. The Morgan fingerprint density at radius 2 is 1.09 bits per heavy atom. The van der Waals surface area contributed by atoms with Crippen molar-refractivity contribution in [3.05, 3.63) is 224 Å². The molecule has 1 aliphatic rings. The van der Waals surface area contributed by atoms with Crippen LogP contribution in [-0.2, 0) is 4.66 Å². The van der Waals surface area contributed by atoms with Crippen molar-refractivity contribution in [2.75, 3.05) is 0 Å². The fourth-order valence-electron chi connectivity index (χ4n) is 10.7. The molecule has 7 aromatic carbocycles. The molecule has 0 unspecified atom stereocenters. The van der Waals surface area contributed by atoms with Crippen molar-refractivity contribution in [2.24, 2.45) is 0 Å². The first-order chi connectivity index (χ1) is 37.8. The third-order valence-corrected chi connectivity index (χ3v) is 25.9. The molecule has 11 heteroatoms. The van der Waals surface area contributed by atoms with Gasteiger partial charge in [0.1, 0.15) is 40.3 Å². The highest BCUT2D eigenvalue weighted by molar-refractivity contribution is 7.20. The average Bonchev–Trinajstić information content (AvgIpc) is 4.16. The number of fused-ring (bicyclic) bond motifs is 7. The maximum absolute atomic E-state index is 10.0. The van der Waals surface area contributed by atoms with E-state index in [4.69, 9.17) is 9.72 Å². The molecule has 1 aliphatic heterocycles. The van der Waals surface area contributed by atoms with Crippen LogP contribution in [0.5, 0.6) is 11.5 Å². The van der Waals surface area contributed by atoms with Crippen molar-refractivity contribution in [1.29, 1.82) is 0 Å². The Hall–Kier alpha value is -7.58. The lowest BCUT2D eigenvalue weighted by Gasteiger charge is -2.56. The number of para-hydroxylation sites is 6. The number of hydrogen-bond donors (Lipinski definition) is 0. The molecule has 5 heterocycles. The molecule has 0 N–H and O–H groups in total. The van der Waals surface area contributed by atoms with E-state index in [2.05, 4.69) is 35.0 Å². The van der Waals surface area contributed by atoms with Gasteiger partial charge in [-0.3, -0.25) is 8.97 Å². The first-order valence-corrected chi connectivity index (χ1v) is 27.8. The van der Waals surface area contributed by atoms with E-state index in [1.807, 2.05) is 133 Å². The molecule has 0 fully saturated rings. The summed E-state index contributed by atoms with van der Waals surface area (Å²) in [5.74, 6) is 0.471. The molecule has 0 radical (unpaired) electrons. The Kier molecular flexibility index (Phi) is 6.91. The van der Waals surface area contributed by atoms with Crippen LogP contribution in [-0.4, -0.2) is 58.1 Å². The minimum absolute atomic E-state index is 0.0712. The van der Waals surface area contributed by atoms with E-state index in [9.17, 15) is 16.4 Å². The van der Waals surface area contributed by atoms with Gasteiger partial charge >= 0.3 is 0 Å². The number of ether oxygens (including phenoxy) is 1. The topological polar surface area (TPSA) is 83.0 Å². The molecule has 0 amide bonds. The summed E-state index contributed by atoms with van der Waals surface area (Å²) in [5, 5.41) is 1.88. The van der Waals surface area contributed by atoms with Crippen LogP contribution in [0.3, 0.4) is 0 Å². The van der Waals surface area contributed by atoms with Crippen molar-refractivity contribution in [2.45, 2.75) is 30.6 Å². The molecule has 0 atom stereocenters. The lowest BCUT2D eigenvalue weighted by molar-refractivity contribution is 0.453. The molecule has 8 nitrogen and oxygen atoms in total. The maximum atomic E-state index is 10.0. The first kappa shape index (κ1) is 29.9. The van der Waals surface area contributed by atoms with Gasteiger partial charge in [-0.1, -0.05) is 159 Å². The van der Waals surface area contributed by atoms with E-state index < -0.39 is 65.4 Å². The molecule has 0 aliphatic carbocycles. The minimum atomic E-state index is -6.24. The molecule has 0 spiro atoms. The zero-order valence-corrected chi connectivity index (χ0v) is 38.7. The zero-order chi connectivity index (χ0) is 55.4. The first-order valence-electron chi connectivity index (χ1n) is 27.8. The Morgan fingerprint density at radius 1 is 0.522 bits per heavy atom. The molecule has 4 aromatic heterocycles. The van der Waals surface area contributed by atoms with E-state index in [0.717, 1.165) is 56.0 Å². The Balaban J connectivity index is 1.32. The largest absolute Gasteiger partial charge is 0.457 e. The number of nitrogens with zero attached hydrogens (tertiary/aromatic N) is 7. The number of aromatic nitrogens is 7. The van der Waals surface area contributed by atoms with Gasteiger partial charge in [-0.25, -0.2) is 24.9 Å². The Bertz CT molecular complexity index is 3960. The van der Waals surface area contributed by atoms with Gasteiger partial charge in [-0.15, -0.1) is 0 Å². The predicted molar refractivity (Wildman–Crippen MR) is 279 cm³/mol. The van der Waals surface area contributed by atoms with Gasteiger partial charge in [-0.05, 0) is 75.3 Å². The second-order valence-corrected chi connectivity index (χ2v) is 26.6. The van der Waals surface area contributed by atoms with E-state index in [1.165, 1.54) is 48.8 Å². The van der Waals surface area contributed by atoms with E-state index in [-0.39, 0.29) is 22.6 Å². The van der Waals surface area contributed by atoms with Gasteiger partial charge in [0.2, 0.25) is 5.78 Å². The van der Waals surface area contributed by atoms with Crippen LogP contribution in [0.1, 0.15) is 27.6 Å². The summed E-state index contributed by atoms with van der Waals surface area (Å²) in [6, 6.07) is 57.0. The van der Waals surface area contributed by atoms with Crippen molar-refractivity contribution in [3.63, 3.8) is 0 Å². The van der Waals surface area contributed by atoms with Crippen LogP contribution >= 0.6 is 0 Å². The third-order valence-electron chi connectivity index (χ3n) is 13.4. The van der Waals surface area contributed by atoms with Gasteiger partial charge in [0.05, 0.1) is 22.1 Å². The van der Waals surface area contributed by atoms with Gasteiger partial charge < -0.3 is 4.74 Å². The van der Waals surface area contributed by atoms with Crippen molar-refractivity contribution in [3.8, 4) is 17.2 Å². The monoisotopic (exact) mass is 929 g/mol. The van der Waals surface area contributed by atoms with Gasteiger partial charge in [0, 0.05) is 61.0 Å². The standard InChI is InChI=1S/C56H47N7OSi3/c1-65(2,52-33-35-57-38-59-52)56(66(3,4)53-34-36-58-39-60-53)44-25-11-16-31-50(44)64-54-45(56)26-18-32-51(54)67(41-20-7-5-8-21-41,42-22-9-6-10-23-42)43-24-17-19-40(37-43)62-48-29-14-15-30-49(48)63-47-28-13-12-27-46(47)61-55(62)63/h5-39H,1-4H3/i1D3,2D3,3D3,4D3. The van der Waals surface area contributed by atoms with Crippen LogP contribution in [0.15, 0.2) is 213 Å². The minimum Gasteiger partial charge on any atom is -0.457 e. The summed E-state index contributed by atoms with van der Waals surface area (Å²) in [6.07, 6.45) is 4.46. The van der Waals surface area contributed by atoms with Crippen LogP contribution in [0.4, 0.5) is 0 Å². The molecule has 11 aromatic rings. The molecular weight excluding hydrogens is 871 g/mol. The Morgan fingerprint density at radius 3 is 1.75 bits per heavy atom. The predicted octanol–water partition coefficient (Wildman–Crippen LogP) is 8.09.